The Balaban J connectivity index is 1.64. The van der Waals surface area contributed by atoms with Crippen molar-refractivity contribution >= 4 is 23.4 Å². The number of halogens is 1. The van der Waals surface area contributed by atoms with Crippen molar-refractivity contribution in [2.24, 2.45) is 0 Å². The molecule has 0 aliphatic heterocycles. The Kier molecular flexibility index (Phi) is 4.82. The van der Waals surface area contributed by atoms with E-state index in [0.29, 0.717) is 16.7 Å². The summed E-state index contributed by atoms with van der Waals surface area (Å²) < 4.78 is 10.5. The van der Waals surface area contributed by atoms with Gasteiger partial charge in [0.05, 0.1) is 11.8 Å². The first kappa shape index (κ1) is 16.1. The van der Waals surface area contributed by atoms with E-state index in [1.807, 2.05) is 31.2 Å². The third-order valence-corrected chi connectivity index (χ3v) is 3.62. The number of hydrogen-bond donors (Lipinski definition) is 1. The maximum absolute atomic E-state index is 12.0. The van der Waals surface area contributed by atoms with Crippen molar-refractivity contribution in [2.45, 2.75) is 6.92 Å². The summed E-state index contributed by atoms with van der Waals surface area (Å²) in [6, 6.07) is 14.6. The summed E-state index contributed by atoms with van der Waals surface area (Å²) >= 11 is 5.80. The molecular formula is C18H15ClN2O3. The average molecular weight is 343 g/mol. The van der Waals surface area contributed by atoms with Crippen molar-refractivity contribution in [1.29, 1.82) is 0 Å². The van der Waals surface area contributed by atoms with Crippen molar-refractivity contribution in [2.75, 3.05) is 11.9 Å². The van der Waals surface area contributed by atoms with Crippen LogP contribution in [0.25, 0.3) is 11.1 Å². The lowest BCUT2D eigenvalue weighted by molar-refractivity contribution is -0.118. The molecule has 0 radical (unpaired) electrons. The first-order chi connectivity index (χ1) is 11.6. The quantitative estimate of drug-likeness (QED) is 0.750. The normalized spacial score (nSPS) is 10.4. The minimum absolute atomic E-state index is 0.143. The van der Waals surface area contributed by atoms with Gasteiger partial charge in [-0.1, -0.05) is 46.6 Å². The molecule has 2 aromatic carbocycles. The van der Waals surface area contributed by atoms with Gasteiger partial charge in [-0.25, -0.2) is 0 Å². The summed E-state index contributed by atoms with van der Waals surface area (Å²) in [4.78, 5) is 12.0. The molecule has 0 fully saturated rings. The van der Waals surface area contributed by atoms with Crippen molar-refractivity contribution in [1.82, 2.24) is 5.16 Å². The van der Waals surface area contributed by atoms with E-state index >= 15 is 0 Å². The molecule has 1 amide bonds. The number of carbonyl (C=O) groups excluding carboxylic acids is 1. The smallest absolute Gasteiger partial charge is 0.264 e. The van der Waals surface area contributed by atoms with E-state index in [0.717, 1.165) is 16.7 Å². The zero-order chi connectivity index (χ0) is 16.9. The second-order valence-electron chi connectivity index (χ2n) is 5.23. The van der Waals surface area contributed by atoms with Gasteiger partial charge in [0.25, 0.3) is 5.91 Å². The van der Waals surface area contributed by atoms with Gasteiger partial charge >= 0.3 is 0 Å². The highest BCUT2D eigenvalue weighted by atomic mass is 35.5. The maximum atomic E-state index is 12.0. The minimum atomic E-state index is -0.338. The molecule has 3 rings (SSSR count). The van der Waals surface area contributed by atoms with Crippen LogP contribution >= 0.6 is 11.6 Å². The Morgan fingerprint density at radius 2 is 1.88 bits per heavy atom. The van der Waals surface area contributed by atoms with E-state index in [2.05, 4.69) is 10.5 Å². The van der Waals surface area contributed by atoms with Crippen LogP contribution in [0.5, 0.6) is 5.75 Å². The lowest BCUT2D eigenvalue weighted by Crippen LogP contribution is -2.20. The number of amides is 1. The molecule has 122 valence electrons. The van der Waals surface area contributed by atoms with Crippen LogP contribution in [0.4, 0.5) is 5.88 Å². The average Bonchev–Trinajstić information content (AvgIpc) is 3.03. The van der Waals surface area contributed by atoms with Crippen LogP contribution in [-0.2, 0) is 4.79 Å². The number of nitrogens with one attached hydrogen (secondary N) is 1. The third kappa shape index (κ3) is 3.94. The van der Waals surface area contributed by atoms with Crippen LogP contribution < -0.4 is 10.1 Å². The van der Waals surface area contributed by atoms with Gasteiger partial charge in [0.2, 0.25) is 5.88 Å². The topological polar surface area (TPSA) is 64.4 Å². The van der Waals surface area contributed by atoms with E-state index in [9.17, 15) is 4.79 Å². The van der Waals surface area contributed by atoms with Crippen molar-refractivity contribution in [3.05, 3.63) is 65.3 Å². The van der Waals surface area contributed by atoms with E-state index in [4.69, 9.17) is 20.9 Å². The first-order valence-electron chi connectivity index (χ1n) is 7.32. The van der Waals surface area contributed by atoms with Gasteiger partial charge in [-0.15, -0.1) is 0 Å². The third-order valence-electron chi connectivity index (χ3n) is 3.37. The van der Waals surface area contributed by atoms with Crippen molar-refractivity contribution in [3.63, 3.8) is 0 Å². The van der Waals surface area contributed by atoms with Gasteiger partial charge < -0.3 is 9.26 Å². The predicted octanol–water partition coefficient (Wildman–Crippen LogP) is 4.32. The fourth-order valence-electron chi connectivity index (χ4n) is 2.11. The molecule has 3 aromatic rings. The number of aryl methyl sites for hydroxylation is 1. The number of benzene rings is 2. The largest absolute Gasteiger partial charge is 0.484 e. The fourth-order valence-corrected chi connectivity index (χ4v) is 2.24. The molecule has 0 unspecified atom stereocenters. The van der Waals surface area contributed by atoms with Gasteiger partial charge in [-0.2, -0.15) is 0 Å². The maximum Gasteiger partial charge on any atom is 0.264 e. The summed E-state index contributed by atoms with van der Waals surface area (Å²) in [5, 5.41) is 7.03. The fraction of sp³-hybridized carbons (Fsp3) is 0.111. The summed E-state index contributed by atoms with van der Waals surface area (Å²) in [6.07, 6.45) is 1.57. The van der Waals surface area contributed by atoms with Gasteiger partial charge in [-0.3, -0.25) is 10.1 Å². The van der Waals surface area contributed by atoms with Crippen LogP contribution in [0.1, 0.15) is 5.56 Å². The molecule has 0 spiro atoms. The van der Waals surface area contributed by atoms with E-state index in [-0.39, 0.29) is 12.5 Å². The molecule has 0 bridgehead atoms. The molecule has 1 aromatic heterocycles. The van der Waals surface area contributed by atoms with Crippen LogP contribution in [0.2, 0.25) is 5.02 Å². The van der Waals surface area contributed by atoms with Crippen LogP contribution in [-0.4, -0.2) is 17.7 Å². The number of nitrogens with zero attached hydrogens (tertiary/aromatic N) is 1. The van der Waals surface area contributed by atoms with Gasteiger partial charge in [0.15, 0.2) is 6.61 Å². The molecule has 0 aliphatic carbocycles. The standard InChI is InChI=1S/C18H15ClN2O3/c1-12-2-4-13(5-3-12)16-10-20-24-18(16)21-17(22)11-23-15-8-6-14(19)7-9-15/h2-10H,11H2,1H3,(H,21,22). The van der Waals surface area contributed by atoms with Gasteiger partial charge in [0.1, 0.15) is 5.75 Å². The number of aromatic nitrogens is 1. The van der Waals surface area contributed by atoms with Crippen LogP contribution in [0, 0.1) is 6.92 Å². The van der Waals surface area contributed by atoms with Crippen LogP contribution in [0.3, 0.4) is 0 Å². The Hall–Kier alpha value is -2.79. The molecule has 0 aliphatic rings. The number of rotatable bonds is 5. The molecular weight excluding hydrogens is 328 g/mol. The molecule has 5 nitrogen and oxygen atoms in total. The Morgan fingerprint density at radius 3 is 2.58 bits per heavy atom. The monoisotopic (exact) mass is 342 g/mol. The number of anilines is 1. The molecule has 6 heteroatoms. The highest BCUT2D eigenvalue weighted by Crippen LogP contribution is 2.27. The van der Waals surface area contributed by atoms with Crippen molar-refractivity contribution in [3.8, 4) is 16.9 Å². The number of hydrogen-bond acceptors (Lipinski definition) is 4. The molecule has 0 atom stereocenters. The zero-order valence-corrected chi connectivity index (χ0v) is 13.7. The first-order valence-corrected chi connectivity index (χ1v) is 7.69. The summed E-state index contributed by atoms with van der Waals surface area (Å²) in [5.41, 5.74) is 2.78. The molecule has 0 saturated heterocycles. The highest BCUT2D eigenvalue weighted by Gasteiger charge is 2.14. The lowest BCUT2D eigenvalue weighted by Gasteiger charge is -2.07. The molecule has 1 N–H and O–H groups in total. The molecule has 1 heterocycles. The van der Waals surface area contributed by atoms with Gasteiger partial charge in [0, 0.05) is 5.02 Å². The van der Waals surface area contributed by atoms with E-state index in [1.165, 1.54) is 0 Å². The zero-order valence-electron chi connectivity index (χ0n) is 13.0. The molecule has 24 heavy (non-hydrogen) atoms. The second-order valence-corrected chi connectivity index (χ2v) is 5.66. The van der Waals surface area contributed by atoms with Crippen LogP contribution in [0.15, 0.2) is 59.3 Å². The summed E-state index contributed by atoms with van der Waals surface area (Å²) in [6.45, 7) is 1.86. The SMILES string of the molecule is Cc1ccc(-c2cnoc2NC(=O)COc2ccc(Cl)cc2)cc1. The van der Waals surface area contributed by atoms with E-state index in [1.54, 1.807) is 30.5 Å². The predicted molar refractivity (Wildman–Crippen MR) is 92.3 cm³/mol. The lowest BCUT2D eigenvalue weighted by atomic mass is 10.1. The molecule has 0 saturated carbocycles. The summed E-state index contributed by atoms with van der Waals surface area (Å²) in [5.74, 6) is 0.518. The summed E-state index contributed by atoms with van der Waals surface area (Å²) in [7, 11) is 0. The van der Waals surface area contributed by atoms with Crippen molar-refractivity contribution < 1.29 is 14.1 Å². The minimum Gasteiger partial charge on any atom is -0.484 e. The number of carbonyl (C=O) groups is 1. The highest BCUT2D eigenvalue weighted by molar-refractivity contribution is 6.30. The Labute approximate surface area is 144 Å². The Bertz CT molecular complexity index is 826. The van der Waals surface area contributed by atoms with E-state index < -0.39 is 0 Å². The Morgan fingerprint density at radius 1 is 1.17 bits per heavy atom. The van der Waals surface area contributed by atoms with Gasteiger partial charge in [-0.05, 0) is 36.8 Å². The number of ether oxygens (including phenoxy) is 1. The second kappa shape index (κ2) is 7.19.